The number of methoxy groups -OCH3 is 1. The second-order valence-corrected chi connectivity index (χ2v) is 3.91. The highest BCUT2D eigenvalue weighted by Crippen LogP contribution is 2.07. The van der Waals surface area contributed by atoms with Crippen molar-refractivity contribution in [2.45, 2.75) is 19.4 Å². The van der Waals surface area contributed by atoms with E-state index in [1.54, 1.807) is 13.0 Å². The summed E-state index contributed by atoms with van der Waals surface area (Å²) < 4.78 is 4.51. The number of pyridine rings is 1. The maximum absolute atomic E-state index is 11.7. The molecule has 1 unspecified atom stereocenters. The third-order valence-corrected chi connectivity index (χ3v) is 2.27. The zero-order valence-corrected chi connectivity index (χ0v) is 10.3. The van der Waals surface area contributed by atoms with Crippen molar-refractivity contribution < 1.29 is 14.3 Å². The Balaban J connectivity index is 2.57. The fourth-order valence-corrected chi connectivity index (χ4v) is 1.41. The van der Waals surface area contributed by atoms with Gasteiger partial charge in [0.25, 0.3) is 5.91 Å². The van der Waals surface area contributed by atoms with Gasteiger partial charge >= 0.3 is 5.97 Å². The molecule has 92 valence electrons. The second kappa shape index (κ2) is 6.20. The summed E-state index contributed by atoms with van der Waals surface area (Å²) in [5.74, 6) is -0.670. The van der Waals surface area contributed by atoms with Crippen LogP contribution >= 0.6 is 11.6 Å². The van der Waals surface area contributed by atoms with Crippen molar-refractivity contribution in [3.63, 3.8) is 0 Å². The first-order chi connectivity index (χ1) is 8.02. The van der Waals surface area contributed by atoms with E-state index in [0.29, 0.717) is 5.56 Å². The summed E-state index contributed by atoms with van der Waals surface area (Å²) in [5.41, 5.74) is 0.404. The second-order valence-electron chi connectivity index (χ2n) is 3.52. The predicted octanol–water partition coefficient (Wildman–Crippen LogP) is 1.42. The van der Waals surface area contributed by atoms with E-state index in [-0.39, 0.29) is 29.5 Å². The Morgan fingerprint density at radius 2 is 2.29 bits per heavy atom. The molecule has 6 heteroatoms. The molecule has 17 heavy (non-hydrogen) atoms. The fourth-order valence-electron chi connectivity index (χ4n) is 1.24. The normalized spacial score (nSPS) is 11.7. The molecule has 1 N–H and O–H groups in total. The van der Waals surface area contributed by atoms with E-state index in [1.807, 2.05) is 0 Å². The number of esters is 1. The van der Waals surface area contributed by atoms with Gasteiger partial charge in [-0.3, -0.25) is 9.59 Å². The van der Waals surface area contributed by atoms with Crippen LogP contribution in [0.2, 0.25) is 5.15 Å². The van der Waals surface area contributed by atoms with E-state index in [1.165, 1.54) is 19.4 Å². The average molecular weight is 257 g/mol. The third kappa shape index (κ3) is 4.40. The summed E-state index contributed by atoms with van der Waals surface area (Å²) in [6.45, 7) is 1.72. The summed E-state index contributed by atoms with van der Waals surface area (Å²) >= 11 is 5.67. The smallest absolute Gasteiger partial charge is 0.307 e. The minimum absolute atomic E-state index is 0.126. The molecular formula is C11H13ClN2O3. The van der Waals surface area contributed by atoms with Crippen molar-refractivity contribution in [1.29, 1.82) is 0 Å². The number of nitrogens with one attached hydrogen (secondary N) is 1. The molecule has 0 aliphatic carbocycles. The molecule has 0 aromatic carbocycles. The standard InChI is InChI=1S/C11H13ClN2O3/c1-7(5-10(15)17-2)14-11(16)8-3-4-13-9(12)6-8/h3-4,6-7H,5H2,1-2H3,(H,14,16). The summed E-state index contributed by atoms with van der Waals surface area (Å²) in [4.78, 5) is 26.5. The van der Waals surface area contributed by atoms with Crippen molar-refractivity contribution in [1.82, 2.24) is 10.3 Å². The van der Waals surface area contributed by atoms with Crippen LogP contribution in [-0.2, 0) is 9.53 Å². The molecule has 0 fully saturated rings. The molecule has 5 nitrogen and oxygen atoms in total. The molecule has 1 aromatic rings. The van der Waals surface area contributed by atoms with Crippen LogP contribution in [0.15, 0.2) is 18.3 Å². The van der Waals surface area contributed by atoms with Gasteiger partial charge in [-0.25, -0.2) is 4.98 Å². The van der Waals surface area contributed by atoms with E-state index in [0.717, 1.165) is 0 Å². The molecule has 1 rings (SSSR count). The lowest BCUT2D eigenvalue weighted by Gasteiger charge is -2.12. The highest BCUT2D eigenvalue weighted by molar-refractivity contribution is 6.29. The molecule has 1 heterocycles. The van der Waals surface area contributed by atoms with Gasteiger partial charge in [-0.1, -0.05) is 11.6 Å². The molecule has 1 aromatic heterocycles. The number of aromatic nitrogens is 1. The van der Waals surface area contributed by atoms with Crippen LogP contribution < -0.4 is 5.32 Å². The molecular weight excluding hydrogens is 244 g/mol. The minimum Gasteiger partial charge on any atom is -0.469 e. The molecule has 0 saturated carbocycles. The topological polar surface area (TPSA) is 68.3 Å². The predicted molar refractivity (Wildman–Crippen MR) is 62.8 cm³/mol. The molecule has 0 spiro atoms. The fraction of sp³-hybridized carbons (Fsp3) is 0.364. The number of nitrogens with zero attached hydrogens (tertiary/aromatic N) is 1. The Bertz CT molecular complexity index is 423. The van der Waals surface area contributed by atoms with Gasteiger partial charge in [-0.05, 0) is 19.1 Å². The van der Waals surface area contributed by atoms with Crippen LogP contribution in [0, 0.1) is 0 Å². The summed E-state index contributed by atoms with van der Waals surface area (Å²) in [5, 5.41) is 2.91. The van der Waals surface area contributed by atoms with Crippen LogP contribution in [-0.4, -0.2) is 30.0 Å². The molecule has 0 saturated heterocycles. The maximum Gasteiger partial charge on any atom is 0.307 e. The molecule has 0 aliphatic rings. The van der Waals surface area contributed by atoms with Gasteiger partial charge in [0.1, 0.15) is 5.15 Å². The summed E-state index contributed by atoms with van der Waals surface area (Å²) in [6.07, 6.45) is 1.57. The first-order valence-electron chi connectivity index (χ1n) is 5.02. The lowest BCUT2D eigenvalue weighted by atomic mass is 10.2. The first kappa shape index (κ1) is 13.4. The zero-order chi connectivity index (χ0) is 12.8. The quantitative estimate of drug-likeness (QED) is 0.653. The van der Waals surface area contributed by atoms with E-state index in [9.17, 15) is 9.59 Å². The summed E-state index contributed by atoms with van der Waals surface area (Å²) in [7, 11) is 1.31. The number of rotatable bonds is 4. The van der Waals surface area contributed by atoms with Gasteiger partial charge in [0.05, 0.1) is 13.5 Å². The molecule has 0 radical (unpaired) electrons. The number of carbonyl (C=O) groups excluding carboxylic acids is 2. The van der Waals surface area contributed by atoms with E-state index in [2.05, 4.69) is 15.0 Å². The minimum atomic E-state index is -0.370. The first-order valence-corrected chi connectivity index (χ1v) is 5.40. The van der Waals surface area contributed by atoms with E-state index in [4.69, 9.17) is 11.6 Å². The Kier molecular flexibility index (Phi) is 4.90. The van der Waals surface area contributed by atoms with Gasteiger partial charge < -0.3 is 10.1 Å². The van der Waals surface area contributed by atoms with Crippen molar-refractivity contribution in [3.8, 4) is 0 Å². The van der Waals surface area contributed by atoms with Crippen LogP contribution in [0.4, 0.5) is 0 Å². The van der Waals surface area contributed by atoms with Crippen LogP contribution in [0.5, 0.6) is 0 Å². The van der Waals surface area contributed by atoms with Gasteiger partial charge in [0, 0.05) is 17.8 Å². The maximum atomic E-state index is 11.7. The average Bonchev–Trinajstić information content (AvgIpc) is 2.28. The third-order valence-electron chi connectivity index (χ3n) is 2.07. The van der Waals surface area contributed by atoms with Crippen LogP contribution in [0.25, 0.3) is 0 Å². The number of carbonyl (C=O) groups is 2. The molecule has 1 atom stereocenters. The largest absolute Gasteiger partial charge is 0.469 e. The van der Waals surface area contributed by atoms with Crippen LogP contribution in [0.1, 0.15) is 23.7 Å². The van der Waals surface area contributed by atoms with Crippen LogP contribution in [0.3, 0.4) is 0 Å². The molecule has 0 bridgehead atoms. The molecule has 1 amide bonds. The Morgan fingerprint density at radius 3 is 2.88 bits per heavy atom. The SMILES string of the molecule is COC(=O)CC(C)NC(=O)c1ccnc(Cl)c1. The highest BCUT2D eigenvalue weighted by atomic mass is 35.5. The van der Waals surface area contributed by atoms with Gasteiger partial charge in [-0.2, -0.15) is 0 Å². The van der Waals surface area contributed by atoms with Crippen molar-refractivity contribution >= 4 is 23.5 Å². The lowest BCUT2D eigenvalue weighted by Crippen LogP contribution is -2.34. The van der Waals surface area contributed by atoms with Crippen molar-refractivity contribution in [2.24, 2.45) is 0 Å². The van der Waals surface area contributed by atoms with Crippen molar-refractivity contribution in [2.75, 3.05) is 7.11 Å². The lowest BCUT2D eigenvalue weighted by molar-refractivity contribution is -0.141. The monoisotopic (exact) mass is 256 g/mol. The molecule has 0 aliphatic heterocycles. The van der Waals surface area contributed by atoms with Gasteiger partial charge in [0.2, 0.25) is 0 Å². The van der Waals surface area contributed by atoms with E-state index < -0.39 is 0 Å². The highest BCUT2D eigenvalue weighted by Gasteiger charge is 2.13. The number of hydrogen-bond acceptors (Lipinski definition) is 4. The van der Waals surface area contributed by atoms with Crippen molar-refractivity contribution in [3.05, 3.63) is 29.0 Å². The Labute approximate surface area is 104 Å². The van der Waals surface area contributed by atoms with Gasteiger partial charge in [0.15, 0.2) is 0 Å². The van der Waals surface area contributed by atoms with Gasteiger partial charge in [-0.15, -0.1) is 0 Å². The van der Waals surface area contributed by atoms with E-state index >= 15 is 0 Å². The number of hydrogen-bond donors (Lipinski definition) is 1. The number of amides is 1. The zero-order valence-electron chi connectivity index (χ0n) is 9.57. The number of halogens is 1. The number of ether oxygens (including phenoxy) is 1. The summed E-state index contributed by atoms with van der Waals surface area (Å²) in [6, 6.07) is 2.70. The Hall–Kier alpha value is -1.62. The Morgan fingerprint density at radius 1 is 1.59 bits per heavy atom.